The van der Waals surface area contributed by atoms with Gasteiger partial charge in [-0.2, -0.15) is 5.10 Å². The summed E-state index contributed by atoms with van der Waals surface area (Å²) in [5.41, 5.74) is 7.85. The Balaban J connectivity index is 1.42. The molecule has 0 N–H and O–H groups in total. The van der Waals surface area contributed by atoms with Gasteiger partial charge in [0.15, 0.2) is 0 Å². The molecule has 0 saturated carbocycles. The summed E-state index contributed by atoms with van der Waals surface area (Å²) in [7, 11) is 0. The van der Waals surface area contributed by atoms with Crippen LogP contribution in [0.15, 0.2) is 91.3 Å². The van der Waals surface area contributed by atoms with E-state index in [-0.39, 0.29) is 0 Å². The van der Waals surface area contributed by atoms with E-state index in [9.17, 15) is 0 Å². The van der Waals surface area contributed by atoms with E-state index in [1.807, 2.05) is 83.3 Å². The zero-order valence-corrected chi connectivity index (χ0v) is 21.9. The first-order valence-corrected chi connectivity index (χ1v) is 13.1. The van der Waals surface area contributed by atoms with Gasteiger partial charge in [0.2, 0.25) is 0 Å². The minimum atomic E-state index is 0.601. The smallest absolute Gasteiger partial charge is 0.124 e. The first-order chi connectivity index (χ1) is 18.0. The third-order valence-corrected chi connectivity index (χ3v) is 7.58. The van der Waals surface area contributed by atoms with E-state index >= 15 is 0 Å². The van der Waals surface area contributed by atoms with Crippen LogP contribution in [-0.2, 0) is 6.54 Å². The van der Waals surface area contributed by atoms with Crippen molar-refractivity contribution >= 4 is 22.9 Å². The summed E-state index contributed by atoms with van der Waals surface area (Å²) in [5, 5.41) is 15.6. The zero-order valence-electron chi connectivity index (χ0n) is 20.3. The highest BCUT2D eigenvalue weighted by molar-refractivity contribution is 7.18. The molecule has 0 amide bonds. The highest BCUT2D eigenvalue weighted by Crippen LogP contribution is 2.39. The molecule has 0 bridgehead atoms. The molecule has 0 aliphatic rings. The van der Waals surface area contributed by atoms with Gasteiger partial charge in [-0.3, -0.25) is 0 Å². The Morgan fingerprint density at radius 1 is 0.865 bits per heavy atom. The quantitative estimate of drug-likeness (QED) is 0.231. The summed E-state index contributed by atoms with van der Waals surface area (Å²) >= 11 is 7.68. The Morgan fingerprint density at radius 3 is 2.38 bits per heavy atom. The monoisotopic (exact) mass is 522 g/mol. The lowest BCUT2D eigenvalue weighted by atomic mass is 10.1. The SMILES string of the molecule is Cc1ccc(-c2nc(C)c(-c3nn(-c4ccccc4)cc3-c3cn(Cc4ccc(Cl)cc4)nn3)s2)cc1. The molecular weight excluding hydrogens is 500 g/mol. The van der Waals surface area contributed by atoms with Gasteiger partial charge in [0.1, 0.15) is 16.4 Å². The van der Waals surface area contributed by atoms with Crippen LogP contribution in [0.25, 0.3) is 38.1 Å². The van der Waals surface area contributed by atoms with Crippen LogP contribution in [0.2, 0.25) is 5.02 Å². The molecule has 0 aliphatic heterocycles. The van der Waals surface area contributed by atoms with Gasteiger partial charge in [-0.05, 0) is 43.7 Å². The van der Waals surface area contributed by atoms with Crippen LogP contribution in [-0.4, -0.2) is 29.8 Å². The van der Waals surface area contributed by atoms with Gasteiger partial charge in [0.05, 0.1) is 34.6 Å². The van der Waals surface area contributed by atoms with Crippen LogP contribution in [0, 0.1) is 13.8 Å². The summed E-state index contributed by atoms with van der Waals surface area (Å²) in [6.07, 6.45) is 3.98. The molecule has 6 aromatic rings. The van der Waals surface area contributed by atoms with E-state index in [4.69, 9.17) is 21.7 Å². The Bertz CT molecular complexity index is 1660. The predicted octanol–water partition coefficient (Wildman–Crippen LogP) is 7.24. The van der Waals surface area contributed by atoms with Gasteiger partial charge in [0, 0.05) is 16.8 Å². The van der Waals surface area contributed by atoms with Gasteiger partial charge in [-0.15, -0.1) is 16.4 Å². The average Bonchev–Trinajstić information content (AvgIpc) is 3.65. The fourth-order valence-corrected chi connectivity index (χ4v) is 5.35. The Morgan fingerprint density at radius 2 is 1.62 bits per heavy atom. The van der Waals surface area contributed by atoms with E-state index in [0.717, 1.165) is 49.3 Å². The molecule has 0 unspecified atom stereocenters. The Kier molecular flexibility index (Phi) is 6.16. The van der Waals surface area contributed by atoms with Gasteiger partial charge >= 0.3 is 0 Å². The largest absolute Gasteiger partial charge is 0.247 e. The summed E-state index contributed by atoms with van der Waals surface area (Å²) in [6, 6.07) is 26.3. The summed E-state index contributed by atoms with van der Waals surface area (Å²) < 4.78 is 3.73. The lowest BCUT2D eigenvalue weighted by molar-refractivity contribution is 0.650. The fraction of sp³-hybridized carbons (Fsp3) is 0.103. The predicted molar refractivity (Wildman–Crippen MR) is 149 cm³/mol. The van der Waals surface area contributed by atoms with Crippen molar-refractivity contribution in [3.63, 3.8) is 0 Å². The number of rotatable bonds is 6. The number of hydrogen-bond acceptors (Lipinski definition) is 5. The fourth-order valence-electron chi connectivity index (χ4n) is 4.15. The van der Waals surface area contributed by atoms with Gasteiger partial charge in [0.25, 0.3) is 0 Å². The number of aryl methyl sites for hydroxylation is 2. The normalized spacial score (nSPS) is 11.2. The van der Waals surface area contributed by atoms with E-state index < -0.39 is 0 Å². The topological polar surface area (TPSA) is 61.4 Å². The molecule has 0 saturated heterocycles. The second-order valence-corrected chi connectivity index (χ2v) is 10.3. The summed E-state index contributed by atoms with van der Waals surface area (Å²) in [4.78, 5) is 5.91. The van der Waals surface area contributed by atoms with Crippen LogP contribution in [0.3, 0.4) is 0 Å². The molecule has 0 fully saturated rings. The first kappa shape index (κ1) is 23.3. The molecule has 37 heavy (non-hydrogen) atoms. The van der Waals surface area contributed by atoms with Crippen LogP contribution in [0.1, 0.15) is 16.8 Å². The molecule has 0 spiro atoms. The van der Waals surface area contributed by atoms with E-state index in [1.165, 1.54) is 5.56 Å². The molecule has 6 nitrogen and oxygen atoms in total. The first-order valence-electron chi connectivity index (χ1n) is 11.9. The maximum atomic E-state index is 6.04. The molecule has 3 aromatic heterocycles. The Hall–Kier alpha value is -4.07. The number of aromatic nitrogens is 6. The lowest BCUT2D eigenvalue weighted by Crippen LogP contribution is -1.99. The molecule has 3 heterocycles. The number of benzene rings is 3. The molecular formula is C29H23ClN6S. The number of nitrogens with zero attached hydrogens (tertiary/aromatic N) is 6. The van der Waals surface area contributed by atoms with Crippen LogP contribution in [0.5, 0.6) is 0 Å². The molecule has 8 heteroatoms. The highest BCUT2D eigenvalue weighted by Gasteiger charge is 2.22. The number of thiazole rings is 1. The molecule has 6 rings (SSSR count). The standard InChI is InChI=1S/C29H23ClN6S/c1-19-8-12-22(13-9-19)29-31-20(2)28(37-29)27-25(17-36(33-27)24-6-4-3-5-7-24)26-18-35(34-32-26)16-21-10-14-23(30)15-11-21/h3-15,17-18H,16H2,1-2H3. The minimum absolute atomic E-state index is 0.601. The summed E-state index contributed by atoms with van der Waals surface area (Å²) in [5.74, 6) is 0. The number of hydrogen-bond donors (Lipinski definition) is 0. The van der Waals surface area contributed by atoms with E-state index in [2.05, 4.69) is 41.5 Å². The molecule has 0 atom stereocenters. The number of halogens is 1. The van der Waals surface area contributed by atoms with Crippen molar-refractivity contribution < 1.29 is 0 Å². The van der Waals surface area contributed by atoms with Crippen molar-refractivity contribution in [2.24, 2.45) is 0 Å². The van der Waals surface area contributed by atoms with Gasteiger partial charge in [-0.25, -0.2) is 14.3 Å². The maximum absolute atomic E-state index is 6.04. The third-order valence-electron chi connectivity index (χ3n) is 6.12. The number of para-hydroxylation sites is 1. The minimum Gasteiger partial charge on any atom is -0.247 e. The second-order valence-electron chi connectivity index (χ2n) is 8.90. The van der Waals surface area contributed by atoms with Crippen molar-refractivity contribution in [3.8, 4) is 38.1 Å². The van der Waals surface area contributed by atoms with Crippen LogP contribution >= 0.6 is 22.9 Å². The van der Waals surface area contributed by atoms with Crippen molar-refractivity contribution in [1.82, 2.24) is 29.8 Å². The van der Waals surface area contributed by atoms with Crippen molar-refractivity contribution in [2.45, 2.75) is 20.4 Å². The van der Waals surface area contributed by atoms with Gasteiger partial charge in [-0.1, -0.05) is 77.0 Å². The van der Waals surface area contributed by atoms with Crippen LogP contribution in [0.4, 0.5) is 0 Å². The molecule has 0 aliphatic carbocycles. The highest BCUT2D eigenvalue weighted by atomic mass is 35.5. The van der Waals surface area contributed by atoms with Crippen molar-refractivity contribution in [1.29, 1.82) is 0 Å². The van der Waals surface area contributed by atoms with E-state index in [1.54, 1.807) is 11.3 Å². The van der Waals surface area contributed by atoms with E-state index in [0.29, 0.717) is 11.6 Å². The maximum Gasteiger partial charge on any atom is 0.124 e. The molecule has 3 aromatic carbocycles. The van der Waals surface area contributed by atoms with Gasteiger partial charge < -0.3 is 0 Å². The average molecular weight is 523 g/mol. The molecule has 0 radical (unpaired) electrons. The van der Waals surface area contributed by atoms with Crippen molar-refractivity contribution in [3.05, 3.63) is 113 Å². The lowest BCUT2D eigenvalue weighted by Gasteiger charge is -2.00. The molecule has 182 valence electrons. The Labute approximate surface area is 223 Å². The third kappa shape index (κ3) is 4.83. The second kappa shape index (κ2) is 9.76. The van der Waals surface area contributed by atoms with Crippen molar-refractivity contribution in [2.75, 3.05) is 0 Å². The summed E-state index contributed by atoms with van der Waals surface area (Å²) in [6.45, 7) is 4.72. The zero-order chi connectivity index (χ0) is 25.4. The van der Waals surface area contributed by atoms with Crippen LogP contribution < -0.4 is 0 Å².